The van der Waals surface area contributed by atoms with Gasteiger partial charge in [-0.25, -0.2) is 9.97 Å². The van der Waals surface area contributed by atoms with Crippen molar-refractivity contribution in [1.29, 1.82) is 10.5 Å². The topological polar surface area (TPSA) is 107 Å². The first kappa shape index (κ1) is 24.3. The third kappa shape index (κ3) is 5.39. The molecule has 0 aliphatic carbocycles. The number of ether oxygens (including phenoxy) is 1. The van der Waals surface area contributed by atoms with Crippen LogP contribution in [-0.4, -0.2) is 29.2 Å². The first-order valence-electron chi connectivity index (χ1n) is 11.9. The molecule has 0 saturated carbocycles. The maximum absolute atomic E-state index is 9.52. The number of rotatable bonds is 7. The second-order valence-corrected chi connectivity index (χ2v) is 9.01. The molecular weight excluding hydrogens is 484 g/mol. The van der Waals surface area contributed by atoms with Gasteiger partial charge in [0.1, 0.15) is 17.3 Å². The predicted molar refractivity (Wildman–Crippen MR) is 142 cm³/mol. The van der Waals surface area contributed by atoms with Gasteiger partial charge >= 0.3 is 0 Å². The molecule has 0 bridgehead atoms. The highest BCUT2D eigenvalue weighted by Crippen LogP contribution is 2.35. The van der Waals surface area contributed by atoms with Gasteiger partial charge in [0, 0.05) is 23.5 Å². The van der Waals surface area contributed by atoms with Gasteiger partial charge in [-0.2, -0.15) is 10.5 Å². The lowest BCUT2D eigenvalue weighted by atomic mass is 9.99. The summed E-state index contributed by atoms with van der Waals surface area (Å²) in [6, 6.07) is 25.8. The zero-order valence-electron chi connectivity index (χ0n) is 19.9. The molecule has 182 valence electrons. The molecule has 2 N–H and O–H groups in total. The average molecular weight is 507 g/mol. The fourth-order valence-corrected chi connectivity index (χ4v) is 4.63. The number of pyridine rings is 2. The standard InChI is InChI=1S/C29H23ClN6O/c30-28-24(16-32)23(11-13-34-28)22-14-25-29(36-17-22)37-26(18-35-25)27(21-4-2-1-3-5-21)33-12-10-19-6-8-20(15-31)9-7-19/h1-9,11,13-14,17,26-27,33,35H,10,12,18H2/t26-,27+/m0/s1. The molecule has 1 aliphatic heterocycles. The summed E-state index contributed by atoms with van der Waals surface area (Å²) in [5.74, 6) is 0.508. The predicted octanol–water partition coefficient (Wildman–Crippen LogP) is 5.29. The molecule has 8 heteroatoms. The quantitative estimate of drug-likeness (QED) is 0.328. The molecule has 2 aromatic heterocycles. The Morgan fingerprint density at radius 3 is 2.62 bits per heavy atom. The Labute approximate surface area is 220 Å². The molecule has 0 radical (unpaired) electrons. The lowest BCUT2D eigenvalue weighted by Crippen LogP contribution is -2.43. The van der Waals surface area contributed by atoms with Crippen molar-refractivity contribution >= 4 is 17.3 Å². The van der Waals surface area contributed by atoms with E-state index in [0.29, 0.717) is 29.1 Å². The van der Waals surface area contributed by atoms with E-state index in [1.165, 1.54) is 0 Å². The Bertz CT molecular complexity index is 1480. The SMILES string of the molecule is N#Cc1ccc(CCN[C@H](c2ccccc2)[C@@H]2CNc3cc(-c4ccnc(Cl)c4C#N)cnc3O2)cc1. The smallest absolute Gasteiger partial charge is 0.237 e. The molecule has 0 amide bonds. The number of hydrogen-bond donors (Lipinski definition) is 2. The van der Waals surface area contributed by atoms with Gasteiger partial charge in [-0.15, -0.1) is 0 Å². The van der Waals surface area contributed by atoms with Crippen molar-refractivity contribution in [2.75, 3.05) is 18.4 Å². The van der Waals surface area contributed by atoms with Crippen LogP contribution in [-0.2, 0) is 6.42 Å². The number of anilines is 1. The number of nitrogens with one attached hydrogen (secondary N) is 2. The highest BCUT2D eigenvalue weighted by molar-refractivity contribution is 6.31. The summed E-state index contributed by atoms with van der Waals surface area (Å²) in [6.45, 7) is 1.31. The minimum atomic E-state index is -0.195. The average Bonchev–Trinajstić information content (AvgIpc) is 2.95. The number of hydrogen-bond acceptors (Lipinski definition) is 7. The highest BCUT2D eigenvalue weighted by atomic mass is 35.5. The number of halogens is 1. The molecule has 1 aliphatic rings. The highest BCUT2D eigenvalue weighted by Gasteiger charge is 2.29. The second kappa shape index (κ2) is 11.1. The number of nitrogens with zero attached hydrogens (tertiary/aromatic N) is 4. The van der Waals surface area contributed by atoms with Crippen LogP contribution in [0.1, 0.15) is 28.3 Å². The van der Waals surface area contributed by atoms with E-state index in [-0.39, 0.29) is 17.3 Å². The maximum Gasteiger partial charge on any atom is 0.237 e. The molecule has 0 unspecified atom stereocenters. The lowest BCUT2D eigenvalue weighted by molar-refractivity contribution is 0.150. The number of nitriles is 2. The van der Waals surface area contributed by atoms with Crippen molar-refractivity contribution in [2.24, 2.45) is 0 Å². The molecule has 2 atom stereocenters. The van der Waals surface area contributed by atoms with Crippen LogP contribution in [0.25, 0.3) is 11.1 Å². The third-order valence-corrected chi connectivity index (χ3v) is 6.61. The fraction of sp³-hybridized carbons (Fsp3) is 0.172. The third-order valence-electron chi connectivity index (χ3n) is 6.33. The molecule has 0 spiro atoms. The van der Waals surface area contributed by atoms with Gasteiger partial charge in [0.25, 0.3) is 0 Å². The van der Waals surface area contributed by atoms with Crippen LogP contribution >= 0.6 is 11.6 Å². The zero-order valence-corrected chi connectivity index (χ0v) is 20.6. The van der Waals surface area contributed by atoms with Gasteiger partial charge in [-0.3, -0.25) is 0 Å². The van der Waals surface area contributed by atoms with Gasteiger partial charge in [0.2, 0.25) is 5.88 Å². The van der Waals surface area contributed by atoms with Crippen molar-refractivity contribution in [3.05, 3.63) is 107 Å². The monoisotopic (exact) mass is 506 g/mol. The molecule has 4 aromatic rings. The van der Waals surface area contributed by atoms with Gasteiger partial charge in [-0.1, -0.05) is 54.1 Å². The summed E-state index contributed by atoms with van der Waals surface area (Å²) in [6.07, 6.45) is 3.89. The Kier molecular flexibility index (Phi) is 7.28. The number of fused-ring (bicyclic) bond motifs is 1. The van der Waals surface area contributed by atoms with E-state index in [4.69, 9.17) is 21.6 Å². The first-order valence-corrected chi connectivity index (χ1v) is 12.3. The number of aromatic nitrogens is 2. The molecule has 0 fully saturated rings. The normalized spacial score (nSPS) is 14.8. The summed E-state index contributed by atoms with van der Waals surface area (Å²) >= 11 is 6.12. The van der Waals surface area contributed by atoms with E-state index in [1.807, 2.05) is 48.5 Å². The van der Waals surface area contributed by atoms with Crippen LogP contribution in [0.3, 0.4) is 0 Å². The summed E-state index contributed by atoms with van der Waals surface area (Å²) in [5, 5.41) is 25.8. The van der Waals surface area contributed by atoms with Crippen LogP contribution in [0.15, 0.2) is 79.1 Å². The van der Waals surface area contributed by atoms with Gasteiger partial charge in [0.15, 0.2) is 0 Å². The Hall–Kier alpha value is -4.43. The molecule has 3 heterocycles. The largest absolute Gasteiger partial charge is 0.469 e. The Morgan fingerprint density at radius 2 is 1.86 bits per heavy atom. The van der Waals surface area contributed by atoms with Crippen molar-refractivity contribution < 1.29 is 4.74 Å². The Balaban J connectivity index is 1.33. The van der Waals surface area contributed by atoms with E-state index in [1.54, 1.807) is 18.5 Å². The van der Waals surface area contributed by atoms with E-state index < -0.39 is 0 Å². The number of benzene rings is 2. The van der Waals surface area contributed by atoms with E-state index >= 15 is 0 Å². The zero-order chi connectivity index (χ0) is 25.6. The molecule has 0 saturated heterocycles. The molecule has 2 aromatic carbocycles. The Morgan fingerprint density at radius 1 is 1.05 bits per heavy atom. The summed E-state index contributed by atoms with van der Waals surface area (Å²) in [4.78, 5) is 8.56. The summed E-state index contributed by atoms with van der Waals surface area (Å²) in [7, 11) is 0. The van der Waals surface area contributed by atoms with Crippen LogP contribution in [0, 0.1) is 22.7 Å². The fourth-order valence-electron chi connectivity index (χ4n) is 4.43. The minimum absolute atomic E-state index is 0.0640. The van der Waals surface area contributed by atoms with Crippen molar-refractivity contribution in [3.8, 4) is 29.1 Å². The van der Waals surface area contributed by atoms with Gasteiger partial charge < -0.3 is 15.4 Å². The van der Waals surface area contributed by atoms with E-state index in [9.17, 15) is 5.26 Å². The maximum atomic E-state index is 9.52. The summed E-state index contributed by atoms with van der Waals surface area (Å²) in [5.41, 5.74) is 5.45. The second-order valence-electron chi connectivity index (χ2n) is 8.65. The van der Waals surface area contributed by atoms with Crippen molar-refractivity contribution in [1.82, 2.24) is 15.3 Å². The first-order chi connectivity index (χ1) is 18.2. The van der Waals surface area contributed by atoms with Crippen LogP contribution < -0.4 is 15.4 Å². The van der Waals surface area contributed by atoms with Gasteiger partial charge in [0.05, 0.1) is 35.5 Å². The van der Waals surface area contributed by atoms with Crippen molar-refractivity contribution in [3.63, 3.8) is 0 Å². The molecule has 7 nitrogen and oxygen atoms in total. The molecule has 5 rings (SSSR count). The van der Waals surface area contributed by atoms with Crippen LogP contribution in [0.2, 0.25) is 5.15 Å². The lowest BCUT2D eigenvalue weighted by Gasteiger charge is -2.33. The summed E-state index contributed by atoms with van der Waals surface area (Å²) < 4.78 is 6.38. The minimum Gasteiger partial charge on any atom is -0.469 e. The van der Waals surface area contributed by atoms with E-state index in [0.717, 1.165) is 35.3 Å². The van der Waals surface area contributed by atoms with Crippen LogP contribution in [0.4, 0.5) is 5.69 Å². The molecule has 37 heavy (non-hydrogen) atoms. The van der Waals surface area contributed by atoms with Crippen molar-refractivity contribution in [2.45, 2.75) is 18.6 Å². The van der Waals surface area contributed by atoms with Crippen LogP contribution in [0.5, 0.6) is 5.88 Å². The van der Waals surface area contributed by atoms with Gasteiger partial charge in [-0.05, 0) is 48.4 Å². The molecular formula is C29H23ClN6O. The van der Waals surface area contributed by atoms with E-state index in [2.05, 4.69) is 44.9 Å².